The molecule has 4 aromatic rings. The van der Waals surface area contributed by atoms with Crippen molar-refractivity contribution in [1.82, 2.24) is 14.5 Å². The summed E-state index contributed by atoms with van der Waals surface area (Å²) >= 11 is 13.5. The van der Waals surface area contributed by atoms with E-state index in [-0.39, 0.29) is 21.5 Å². The van der Waals surface area contributed by atoms with Crippen molar-refractivity contribution in [3.05, 3.63) is 75.6 Å². The van der Waals surface area contributed by atoms with Crippen molar-refractivity contribution in [3.8, 4) is 22.6 Å². The number of hydrogen-bond donors (Lipinski definition) is 2. The third-order valence-corrected chi connectivity index (χ3v) is 8.64. The van der Waals surface area contributed by atoms with Crippen LogP contribution in [0.25, 0.3) is 22.0 Å². The molecule has 1 aliphatic heterocycles. The van der Waals surface area contributed by atoms with Crippen LogP contribution in [0.3, 0.4) is 0 Å². The summed E-state index contributed by atoms with van der Waals surface area (Å²) in [5.41, 5.74) is 3.17. The zero-order chi connectivity index (χ0) is 33.7. The maximum Gasteiger partial charge on any atom is 0.259 e. The van der Waals surface area contributed by atoms with Crippen LogP contribution in [-0.4, -0.2) is 81.5 Å². The van der Waals surface area contributed by atoms with Gasteiger partial charge in [-0.2, -0.15) is 0 Å². The van der Waals surface area contributed by atoms with Crippen LogP contribution in [0.15, 0.2) is 60.0 Å². The number of morpholine rings is 1. The minimum absolute atomic E-state index is 0.204. The number of halogens is 2. The van der Waals surface area contributed by atoms with E-state index >= 15 is 0 Å². The topological polar surface area (TPSA) is 110 Å². The molecule has 0 atom stereocenters. The van der Waals surface area contributed by atoms with Gasteiger partial charge in [0.15, 0.2) is 0 Å². The molecule has 47 heavy (non-hydrogen) atoms. The van der Waals surface area contributed by atoms with Crippen molar-refractivity contribution in [2.75, 3.05) is 76.7 Å². The summed E-state index contributed by atoms with van der Waals surface area (Å²) in [4.78, 5) is 35.6. The predicted molar refractivity (Wildman–Crippen MR) is 189 cm³/mol. The fourth-order valence-electron chi connectivity index (χ4n) is 5.49. The molecule has 0 bridgehead atoms. The van der Waals surface area contributed by atoms with Gasteiger partial charge in [-0.1, -0.05) is 29.8 Å². The first-order valence-corrected chi connectivity index (χ1v) is 15.9. The molecule has 2 aromatic heterocycles. The summed E-state index contributed by atoms with van der Waals surface area (Å²) in [7, 11) is 6.95. The Morgan fingerprint density at radius 3 is 2.40 bits per heavy atom. The highest BCUT2D eigenvalue weighted by atomic mass is 35.5. The highest BCUT2D eigenvalue weighted by Gasteiger charge is 2.23. The Kier molecular flexibility index (Phi) is 10.9. The molecule has 5 rings (SSSR count). The van der Waals surface area contributed by atoms with Crippen molar-refractivity contribution in [2.24, 2.45) is 0 Å². The standard InChI is InChI=1S/C34H38Cl2N6O5/c1-6-30(43)39-24-9-8-22(41-12-14-47-15-13-41)17-25(24)38-29-18-26-21(20-37-29)16-23(34(44)42(26)11-7-10-40(2)3)31-32(35)27(45-4)19-28(46-5)33(31)36/h6,8-9,16-20H,1,7,10-15H2,2-5H3,(H,37,38)(H,39,43). The third kappa shape index (κ3) is 7.49. The molecule has 11 nitrogen and oxygen atoms in total. The first-order chi connectivity index (χ1) is 22.6. The number of aryl methyl sites for hydroxylation is 1. The average molecular weight is 682 g/mol. The number of anilines is 4. The minimum atomic E-state index is -0.340. The molecule has 248 valence electrons. The summed E-state index contributed by atoms with van der Waals surface area (Å²) < 4.78 is 18.2. The molecule has 2 aromatic carbocycles. The largest absolute Gasteiger partial charge is 0.495 e. The lowest BCUT2D eigenvalue weighted by Gasteiger charge is -2.29. The van der Waals surface area contributed by atoms with E-state index in [1.807, 2.05) is 38.4 Å². The molecule has 2 N–H and O–H groups in total. The summed E-state index contributed by atoms with van der Waals surface area (Å²) in [6.45, 7) is 7.54. The number of amides is 1. The molecule has 3 heterocycles. The minimum Gasteiger partial charge on any atom is -0.495 e. The van der Waals surface area contributed by atoms with Crippen molar-refractivity contribution >= 4 is 62.9 Å². The van der Waals surface area contributed by atoms with Crippen molar-refractivity contribution in [2.45, 2.75) is 13.0 Å². The van der Waals surface area contributed by atoms with Gasteiger partial charge in [-0.3, -0.25) is 9.59 Å². The van der Waals surface area contributed by atoms with Crippen molar-refractivity contribution < 1.29 is 19.0 Å². The van der Waals surface area contributed by atoms with Gasteiger partial charge in [-0.15, -0.1) is 0 Å². The molecular formula is C34H38Cl2N6O5. The van der Waals surface area contributed by atoms with Crippen LogP contribution in [0.1, 0.15) is 6.42 Å². The SMILES string of the molecule is C=CC(=O)Nc1ccc(N2CCOCC2)cc1Nc1cc2c(cn1)cc(-c1c(Cl)c(OC)cc(OC)c1Cl)c(=O)n2CCCN(C)C. The van der Waals surface area contributed by atoms with Gasteiger partial charge in [0.2, 0.25) is 5.91 Å². The van der Waals surface area contributed by atoms with Crippen molar-refractivity contribution in [3.63, 3.8) is 0 Å². The highest BCUT2D eigenvalue weighted by molar-refractivity contribution is 6.41. The Bertz CT molecular complexity index is 1830. The number of pyridine rings is 2. The number of rotatable bonds is 12. The smallest absolute Gasteiger partial charge is 0.259 e. The lowest BCUT2D eigenvalue weighted by atomic mass is 10.0. The van der Waals surface area contributed by atoms with Gasteiger partial charge in [0.1, 0.15) is 17.3 Å². The normalized spacial score (nSPS) is 13.1. The summed E-state index contributed by atoms with van der Waals surface area (Å²) in [6.07, 6.45) is 3.61. The maximum atomic E-state index is 14.3. The van der Waals surface area contributed by atoms with Gasteiger partial charge in [0.05, 0.1) is 59.9 Å². The Hall–Kier alpha value is -4.29. The van der Waals surface area contributed by atoms with E-state index in [1.54, 1.807) is 22.9 Å². The second-order valence-electron chi connectivity index (χ2n) is 11.2. The molecule has 0 aliphatic carbocycles. The van der Waals surface area contributed by atoms with Gasteiger partial charge in [-0.25, -0.2) is 4.98 Å². The molecule has 0 unspecified atom stereocenters. The number of aromatic nitrogens is 2. The fourth-order valence-corrected chi connectivity index (χ4v) is 6.20. The molecule has 1 amide bonds. The predicted octanol–water partition coefficient (Wildman–Crippen LogP) is 6.04. The van der Waals surface area contributed by atoms with E-state index in [2.05, 4.69) is 27.0 Å². The van der Waals surface area contributed by atoms with E-state index in [0.29, 0.717) is 76.9 Å². The van der Waals surface area contributed by atoms with E-state index in [9.17, 15) is 9.59 Å². The second-order valence-corrected chi connectivity index (χ2v) is 12.0. The van der Waals surface area contributed by atoms with Crippen LogP contribution in [0, 0.1) is 0 Å². The fraction of sp³-hybridized carbons (Fsp3) is 0.324. The number of carbonyl (C=O) groups excluding carboxylic acids is 1. The average Bonchev–Trinajstić information content (AvgIpc) is 3.07. The van der Waals surface area contributed by atoms with Crippen LogP contribution >= 0.6 is 23.2 Å². The number of nitrogens with one attached hydrogen (secondary N) is 2. The lowest BCUT2D eigenvalue weighted by molar-refractivity contribution is -0.111. The molecule has 0 radical (unpaired) electrons. The van der Waals surface area contributed by atoms with Gasteiger partial charge in [0.25, 0.3) is 5.56 Å². The van der Waals surface area contributed by atoms with Gasteiger partial charge in [-0.05, 0) is 57.4 Å². The molecule has 13 heteroatoms. The zero-order valence-electron chi connectivity index (χ0n) is 26.9. The van der Waals surface area contributed by atoms with Crippen LogP contribution in [-0.2, 0) is 16.1 Å². The van der Waals surface area contributed by atoms with E-state index in [4.69, 9.17) is 42.4 Å². The number of hydrogen-bond acceptors (Lipinski definition) is 9. The number of nitrogens with zero attached hydrogens (tertiary/aromatic N) is 4. The number of methoxy groups -OCH3 is 2. The van der Waals surface area contributed by atoms with E-state index in [0.717, 1.165) is 25.3 Å². The third-order valence-electron chi connectivity index (χ3n) is 7.89. The molecule has 0 spiro atoms. The van der Waals surface area contributed by atoms with Crippen LogP contribution in [0.2, 0.25) is 10.0 Å². The zero-order valence-corrected chi connectivity index (χ0v) is 28.4. The molecular weight excluding hydrogens is 643 g/mol. The van der Waals surface area contributed by atoms with E-state index in [1.165, 1.54) is 20.3 Å². The van der Waals surface area contributed by atoms with Crippen LogP contribution in [0.5, 0.6) is 11.5 Å². The Morgan fingerprint density at radius 1 is 1.06 bits per heavy atom. The Labute approximate surface area is 283 Å². The Balaban J connectivity index is 1.63. The number of fused-ring (bicyclic) bond motifs is 1. The number of ether oxygens (including phenoxy) is 3. The molecule has 0 saturated carbocycles. The second kappa shape index (κ2) is 15.1. The number of benzene rings is 2. The van der Waals surface area contributed by atoms with Gasteiger partial charge in [0, 0.05) is 54.6 Å². The monoisotopic (exact) mass is 680 g/mol. The first-order valence-electron chi connectivity index (χ1n) is 15.1. The number of carbonyl (C=O) groups is 1. The van der Waals surface area contributed by atoms with Crippen LogP contribution in [0.4, 0.5) is 22.9 Å². The molecule has 1 fully saturated rings. The Morgan fingerprint density at radius 2 is 1.77 bits per heavy atom. The van der Waals surface area contributed by atoms with E-state index < -0.39 is 0 Å². The molecule has 1 saturated heterocycles. The maximum absolute atomic E-state index is 14.3. The van der Waals surface area contributed by atoms with Gasteiger partial charge < -0.3 is 39.2 Å². The molecule has 1 aliphatic rings. The summed E-state index contributed by atoms with van der Waals surface area (Å²) in [5.74, 6) is 0.807. The highest BCUT2D eigenvalue weighted by Crippen LogP contribution is 2.45. The lowest BCUT2D eigenvalue weighted by Crippen LogP contribution is -2.36. The van der Waals surface area contributed by atoms with Crippen molar-refractivity contribution in [1.29, 1.82) is 0 Å². The summed E-state index contributed by atoms with van der Waals surface area (Å²) in [5, 5.41) is 7.35. The summed E-state index contributed by atoms with van der Waals surface area (Å²) in [6, 6.07) is 10.9. The van der Waals surface area contributed by atoms with Gasteiger partial charge >= 0.3 is 0 Å². The van der Waals surface area contributed by atoms with Crippen LogP contribution < -0.4 is 30.6 Å². The quantitative estimate of drug-likeness (QED) is 0.173. The first kappa shape index (κ1) is 34.1.